The Kier molecular flexibility index (Phi) is 7.50. The lowest BCUT2D eigenvalue weighted by atomic mass is 9.88. The summed E-state index contributed by atoms with van der Waals surface area (Å²) in [7, 11) is 0. The Labute approximate surface area is 170 Å². The zero-order valence-corrected chi connectivity index (χ0v) is 16.5. The molecule has 0 bridgehead atoms. The standard InChI is InChI=1S/C24H27F2NO2/c25-19-11-7-17(8-12-19)3-1-6-23(28)21-4-2-5-22(21)24(29)27-16-15-18-9-13-20(26)14-10-18/h7-14,21-22H,1-6,15-16H2,(H,27,29)/t21-,22-/m0/s1. The Balaban J connectivity index is 1.42. The minimum absolute atomic E-state index is 0.0542. The molecule has 0 unspecified atom stereocenters. The molecule has 1 aliphatic rings. The third kappa shape index (κ3) is 6.21. The van der Waals surface area contributed by atoms with Crippen LogP contribution in [0.25, 0.3) is 0 Å². The second kappa shape index (κ2) is 10.3. The van der Waals surface area contributed by atoms with Crippen LogP contribution < -0.4 is 5.32 Å². The lowest BCUT2D eigenvalue weighted by molar-refractivity contribution is -0.132. The third-order valence-corrected chi connectivity index (χ3v) is 5.69. The topological polar surface area (TPSA) is 46.2 Å². The molecule has 3 rings (SSSR count). The van der Waals surface area contributed by atoms with Crippen molar-refractivity contribution >= 4 is 11.7 Å². The van der Waals surface area contributed by atoms with Crippen molar-refractivity contribution in [1.82, 2.24) is 5.32 Å². The van der Waals surface area contributed by atoms with Gasteiger partial charge in [0.25, 0.3) is 0 Å². The van der Waals surface area contributed by atoms with E-state index in [1.807, 2.05) is 0 Å². The van der Waals surface area contributed by atoms with Gasteiger partial charge in [0.05, 0.1) is 0 Å². The summed E-state index contributed by atoms with van der Waals surface area (Å²) in [4.78, 5) is 25.2. The van der Waals surface area contributed by atoms with Gasteiger partial charge in [0.15, 0.2) is 0 Å². The molecule has 0 radical (unpaired) electrons. The number of carbonyl (C=O) groups is 2. The molecule has 3 nitrogen and oxygen atoms in total. The molecule has 154 valence electrons. The maximum Gasteiger partial charge on any atom is 0.223 e. The molecule has 1 amide bonds. The molecular weight excluding hydrogens is 372 g/mol. The third-order valence-electron chi connectivity index (χ3n) is 5.69. The van der Waals surface area contributed by atoms with Crippen molar-refractivity contribution in [2.45, 2.75) is 44.9 Å². The summed E-state index contributed by atoms with van der Waals surface area (Å²) < 4.78 is 25.9. The zero-order valence-electron chi connectivity index (χ0n) is 16.5. The highest BCUT2D eigenvalue weighted by atomic mass is 19.1. The van der Waals surface area contributed by atoms with Crippen molar-refractivity contribution in [3.8, 4) is 0 Å². The molecule has 5 heteroatoms. The zero-order chi connectivity index (χ0) is 20.6. The number of nitrogens with one attached hydrogen (secondary N) is 1. The molecule has 1 fully saturated rings. The Bertz CT molecular complexity index is 748. The van der Waals surface area contributed by atoms with E-state index in [2.05, 4.69) is 5.32 Å². The quantitative estimate of drug-likeness (QED) is 0.668. The maximum atomic E-state index is 13.0. The summed E-state index contributed by atoms with van der Waals surface area (Å²) in [5.74, 6) is -0.881. The van der Waals surface area contributed by atoms with E-state index in [0.717, 1.165) is 36.8 Å². The lowest BCUT2D eigenvalue weighted by Gasteiger charge is -2.18. The van der Waals surface area contributed by atoms with Gasteiger partial charge in [-0.15, -0.1) is 0 Å². The van der Waals surface area contributed by atoms with Crippen molar-refractivity contribution < 1.29 is 18.4 Å². The van der Waals surface area contributed by atoms with E-state index in [1.54, 1.807) is 24.3 Å². The summed E-state index contributed by atoms with van der Waals surface area (Å²) in [6, 6.07) is 12.6. The second-order valence-corrected chi connectivity index (χ2v) is 7.76. The van der Waals surface area contributed by atoms with Crippen molar-refractivity contribution in [2.24, 2.45) is 11.8 Å². The van der Waals surface area contributed by atoms with Gasteiger partial charge >= 0.3 is 0 Å². The van der Waals surface area contributed by atoms with E-state index in [-0.39, 0.29) is 35.2 Å². The molecular formula is C24H27F2NO2. The Morgan fingerprint density at radius 1 is 0.828 bits per heavy atom. The predicted molar refractivity (Wildman–Crippen MR) is 108 cm³/mol. The summed E-state index contributed by atoms with van der Waals surface area (Å²) in [6.07, 6.45) is 4.93. The first-order chi connectivity index (χ1) is 14.0. The number of carbonyl (C=O) groups excluding carboxylic acids is 2. The van der Waals surface area contributed by atoms with Gasteiger partial charge in [0.2, 0.25) is 5.91 Å². The van der Waals surface area contributed by atoms with Crippen LogP contribution in [-0.2, 0) is 22.4 Å². The first kappa shape index (κ1) is 21.2. The maximum absolute atomic E-state index is 13.0. The molecule has 0 spiro atoms. The molecule has 2 atom stereocenters. The molecule has 0 heterocycles. The van der Waals surface area contributed by atoms with Gasteiger partial charge in [-0.1, -0.05) is 30.7 Å². The monoisotopic (exact) mass is 399 g/mol. The van der Waals surface area contributed by atoms with Crippen molar-refractivity contribution in [2.75, 3.05) is 6.54 Å². The minimum Gasteiger partial charge on any atom is -0.356 e. The molecule has 1 aliphatic carbocycles. The van der Waals surface area contributed by atoms with Crippen molar-refractivity contribution in [1.29, 1.82) is 0 Å². The number of hydrogen-bond acceptors (Lipinski definition) is 2. The van der Waals surface area contributed by atoms with Gasteiger partial charge in [0, 0.05) is 24.8 Å². The fraction of sp³-hybridized carbons (Fsp3) is 0.417. The van der Waals surface area contributed by atoms with Crippen LogP contribution in [0.1, 0.15) is 43.2 Å². The molecule has 0 aliphatic heterocycles. The predicted octanol–water partition coefficient (Wildman–Crippen LogP) is 4.63. The molecule has 1 saturated carbocycles. The number of rotatable bonds is 9. The number of ketones is 1. The molecule has 0 saturated heterocycles. The molecule has 0 aromatic heterocycles. The summed E-state index contributed by atoms with van der Waals surface area (Å²) >= 11 is 0. The van der Waals surface area contributed by atoms with E-state index in [4.69, 9.17) is 0 Å². The van der Waals surface area contributed by atoms with Crippen molar-refractivity contribution in [3.63, 3.8) is 0 Å². The second-order valence-electron chi connectivity index (χ2n) is 7.76. The highest BCUT2D eigenvalue weighted by Gasteiger charge is 2.36. The van der Waals surface area contributed by atoms with Crippen LogP contribution in [0, 0.1) is 23.5 Å². The van der Waals surface area contributed by atoms with Crippen LogP contribution in [0.3, 0.4) is 0 Å². The first-order valence-corrected chi connectivity index (χ1v) is 10.3. The van der Waals surface area contributed by atoms with Crippen LogP contribution in [-0.4, -0.2) is 18.2 Å². The number of Topliss-reactive ketones (excluding diaryl/α,β-unsaturated/α-hetero) is 1. The van der Waals surface area contributed by atoms with Crippen LogP contribution in [0.2, 0.25) is 0 Å². The Hall–Kier alpha value is -2.56. The number of aryl methyl sites for hydroxylation is 1. The van der Waals surface area contributed by atoms with Gasteiger partial charge in [-0.3, -0.25) is 9.59 Å². The highest BCUT2D eigenvalue weighted by molar-refractivity contribution is 5.89. The van der Waals surface area contributed by atoms with E-state index in [9.17, 15) is 18.4 Å². The molecule has 1 N–H and O–H groups in total. The average molecular weight is 399 g/mol. The SMILES string of the molecule is O=C(CCCc1ccc(F)cc1)[C@H]1CCC[C@@H]1C(=O)NCCc1ccc(F)cc1. The fourth-order valence-corrected chi connectivity index (χ4v) is 4.07. The average Bonchev–Trinajstić information content (AvgIpc) is 3.21. The minimum atomic E-state index is -0.274. The lowest BCUT2D eigenvalue weighted by Crippen LogP contribution is -2.36. The van der Waals surface area contributed by atoms with E-state index >= 15 is 0 Å². The van der Waals surface area contributed by atoms with Gasteiger partial charge in [-0.05, 0) is 67.5 Å². The summed E-state index contributed by atoms with van der Waals surface area (Å²) in [5, 5.41) is 2.94. The van der Waals surface area contributed by atoms with Crippen LogP contribution in [0.5, 0.6) is 0 Å². The summed E-state index contributed by atoms with van der Waals surface area (Å²) in [6.45, 7) is 0.479. The molecule has 29 heavy (non-hydrogen) atoms. The molecule has 2 aromatic carbocycles. The Morgan fingerprint density at radius 2 is 1.38 bits per heavy atom. The first-order valence-electron chi connectivity index (χ1n) is 10.3. The van der Waals surface area contributed by atoms with Gasteiger partial charge in [-0.25, -0.2) is 8.78 Å². The summed E-state index contributed by atoms with van der Waals surface area (Å²) in [5.41, 5.74) is 1.98. The van der Waals surface area contributed by atoms with E-state index in [0.29, 0.717) is 25.8 Å². The van der Waals surface area contributed by atoms with Gasteiger partial charge in [-0.2, -0.15) is 0 Å². The Morgan fingerprint density at radius 3 is 2.00 bits per heavy atom. The highest BCUT2D eigenvalue weighted by Crippen LogP contribution is 2.33. The number of benzene rings is 2. The van der Waals surface area contributed by atoms with Crippen LogP contribution >= 0.6 is 0 Å². The number of hydrogen-bond donors (Lipinski definition) is 1. The van der Waals surface area contributed by atoms with Crippen molar-refractivity contribution in [3.05, 3.63) is 71.3 Å². The normalized spacial score (nSPS) is 18.6. The van der Waals surface area contributed by atoms with E-state index < -0.39 is 0 Å². The number of amides is 1. The smallest absolute Gasteiger partial charge is 0.223 e. The van der Waals surface area contributed by atoms with Crippen LogP contribution in [0.15, 0.2) is 48.5 Å². The molecule has 2 aromatic rings. The largest absolute Gasteiger partial charge is 0.356 e. The van der Waals surface area contributed by atoms with Crippen LogP contribution in [0.4, 0.5) is 8.78 Å². The van der Waals surface area contributed by atoms with Gasteiger partial charge < -0.3 is 5.32 Å². The number of halogens is 2. The fourth-order valence-electron chi connectivity index (χ4n) is 4.07. The van der Waals surface area contributed by atoms with Gasteiger partial charge in [0.1, 0.15) is 17.4 Å². The van der Waals surface area contributed by atoms with E-state index in [1.165, 1.54) is 24.3 Å².